The first kappa shape index (κ1) is 12.8. The molecule has 1 saturated heterocycles. The number of carbonyl (C=O) groups excluding carboxylic acids is 1. The van der Waals surface area contributed by atoms with Crippen molar-refractivity contribution in [2.45, 2.75) is 32.0 Å². The molecule has 0 aromatic heterocycles. The summed E-state index contributed by atoms with van der Waals surface area (Å²) < 4.78 is 38.1. The highest BCUT2D eigenvalue weighted by Gasteiger charge is 2.54. The normalized spacial score (nSPS) is 27.0. The molecule has 2 atom stereocenters. The second-order valence-corrected chi connectivity index (χ2v) is 3.65. The molecule has 1 amide bonds. The third kappa shape index (κ3) is 2.28. The predicted octanol–water partition coefficient (Wildman–Crippen LogP) is 1.26. The molecule has 1 heterocycles. The summed E-state index contributed by atoms with van der Waals surface area (Å²) in [7, 11) is 0. The van der Waals surface area contributed by atoms with E-state index in [1.54, 1.807) is 0 Å². The Morgan fingerprint density at radius 2 is 2.12 bits per heavy atom. The van der Waals surface area contributed by atoms with E-state index in [0.29, 0.717) is 4.90 Å². The molecular weight excluding hydrogens is 227 g/mol. The molecule has 1 fully saturated rings. The van der Waals surface area contributed by atoms with E-state index in [0.717, 1.165) is 0 Å². The number of amides is 1. The molecule has 16 heavy (non-hydrogen) atoms. The van der Waals surface area contributed by atoms with Crippen LogP contribution in [-0.2, 0) is 9.59 Å². The molecule has 0 aromatic carbocycles. The zero-order valence-electron chi connectivity index (χ0n) is 8.62. The Labute approximate surface area is 90.0 Å². The van der Waals surface area contributed by atoms with Crippen LogP contribution >= 0.6 is 0 Å². The minimum absolute atomic E-state index is 0.132. The van der Waals surface area contributed by atoms with Crippen molar-refractivity contribution in [3.05, 3.63) is 0 Å². The lowest BCUT2D eigenvalue weighted by Gasteiger charge is -2.39. The van der Waals surface area contributed by atoms with Gasteiger partial charge < -0.3 is 10.0 Å². The summed E-state index contributed by atoms with van der Waals surface area (Å²) >= 11 is 0. The quantitative estimate of drug-likeness (QED) is 0.789. The van der Waals surface area contributed by atoms with Crippen LogP contribution in [0.15, 0.2) is 0 Å². The molecule has 0 aliphatic carbocycles. The smallest absolute Gasteiger partial charge is 0.409 e. The first-order chi connectivity index (χ1) is 7.29. The van der Waals surface area contributed by atoms with Gasteiger partial charge in [-0.25, -0.2) is 0 Å². The van der Waals surface area contributed by atoms with E-state index in [4.69, 9.17) is 5.11 Å². The molecule has 1 aliphatic rings. The summed E-state index contributed by atoms with van der Waals surface area (Å²) in [5.41, 5.74) is 0. The summed E-state index contributed by atoms with van der Waals surface area (Å²) in [6, 6.07) is -2.20. The molecular formula is C9H12F3NO3. The van der Waals surface area contributed by atoms with Gasteiger partial charge in [0.1, 0.15) is 6.04 Å². The lowest BCUT2D eigenvalue weighted by atomic mass is 9.88. The zero-order valence-corrected chi connectivity index (χ0v) is 8.62. The second kappa shape index (κ2) is 4.31. The number of nitrogens with zero attached hydrogens (tertiary/aromatic N) is 1. The Balaban J connectivity index is 3.05. The number of carbonyl (C=O) groups is 2. The maximum absolute atomic E-state index is 12.7. The largest absolute Gasteiger partial charge is 0.481 e. The fourth-order valence-corrected chi connectivity index (χ4v) is 1.99. The minimum Gasteiger partial charge on any atom is -0.481 e. The van der Waals surface area contributed by atoms with Crippen LogP contribution in [0.4, 0.5) is 13.2 Å². The van der Waals surface area contributed by atoms with Crippen LogP contribution in [0.1, 0.15) is 19.8 Å². The zero-order chi connectivity index (χ0) is 12.5. The van der Waals surface area contributed by atoms with Crippen molar-refractivity contribution in [2.75, 3.05) is 6.54 Å². The van der Waals surface area contributed by atoms with Crippen LogP contribution in [0, 0.1) is 5.92 Å². The van der Waals surface area contributed by atoms with Crippen LogP contribution in [0.2, 0.25) is 0 Å². The molecule has 1 aliphatic heterocycles. The van der Waals surface area contributed by atoms with Gasteiger partial charge >= 0.3 is 12.1 Å². The number of piperidine rings is 1. The van der Waals surface area contributed by atoms with Gasteiger partial charge in [0.15, 0.2) is 0 Å². The predicted molar refractivity (Wildman–Crippen MR) is 47.6 cm³/mol. The number of halogens is 3. The highest BCUT2D eigenvalue weighted by atomic mass is 19.4. The third-order valence-corrected chi connectivity index (χ3v) is 2.70. The van der Waals surface area contributed by atoms with Crippen molar-refractivity contribution < 1.29 is 27.9 Å². The van der Waals surface area contributed by atoms with Crippen LogP contribution in [-0.4, -0.2) is 40.6 Å². The van der Waals surface area contributed by atoms with Crippen LogP contribution < -0.4 is 0 Å². The number of hydrogen-bond donors (Lipinski definition) is 1. The summed E-state index contributed by atoms with van der Waals surface area (Å²) in [6.45, 7) is 1.27. The number of alkyl halides is 3. The monoisotopic (exact) mass is 239 g/mol. The molecule has 0 bridgehead atoms. The number of aliphatic carboxylic acids is 1. The van der Waals surface area contributed by atoms with E-state index in [9.17, 15) is 22.8 Å². The summed E-state index contributed by atoms with van der Waals surface area (Å²) in [6.07, 6.45) is -5.10. The lowest BCUT2D eigenvalue weighted by Crippen LogP contribution is -2.57. The van der Waals surface area contributed by atoms with E-state index in [-0.39, 0.29) is 19.4 Å². The molecule has 0 spiro atoms. The minimum atomic E-state index is -4.70. The van der Waals surface area contributed by atoms with Crippen molar-refractivity contribution >= 4 is 11.9 Å². The molecule has 0 radical (unpaired) electrons. The molecule has 1 rings (SSSR count). The number of rotatable bonds is 2. The molecule has 0 unspecified atom stereocenters. The number of likely N-dealkylation sites (tertiary alicyclic amines) is 1. The molecule has 0 aromatic rings. The highest BCUT2D eigenvalue weighted by molar-refractivity contribution is 5.81. The highest BCUT2D eigenvalue weighted by Crippen LogP contribution is 2.36. The Morgan fingerprint density at radius 1 is 1.56 bits per heavy atom. The van der Waals surface area contributed by atoms with Crippen LogP contribution in [0.25, 0.3) is 0 Å². The van der Waals surface area contributed by atoms with Gasteiger partial charge in [-0.2, -0.15) is 13.2 Å². The summed E-state index contributed by atoms with van der Waals surface area (Å²) in [5.74, 6) is -3.70. The van der Waals surface area contributed by atoms with Crippen molar-refractivity contribution in [2.24, 2.45) is 5.92 Å². The Kier molecular flexibility index (Phi) is 3.44. The Hall–Kier alpha value is -1.27. The van der Waals surface area contributed by atoms with E-state index < -0.39 is 30.0 Å². The van der Waals surface area contributed by atoms with Crippen molar-refractivity contribution in [3.63, 3.8) is 0 Å². The summed E-state index contributed by atoms with van der Waals surface area (Å²) in [5, 5.41) is 8.73. The third-order valence-electron chi connectivity index (χ3n) is 2.70. The van der Waals surface area contributed by atoms with Crippen LogP contribution in [0.3, 0.4) is 0 Å². The van der Waals surface area contributed by atoms with Gasteiger partial charge in [0.05, 0.1) is 5.92 Å². The van der Waals surface area contributed by atoms with Gasteiger partial charge in [-0.3, -0.25) is 9.59 Å². The van der Waals surface area contributed by atoms with Gasteiger partial charge in [-0.15, -0.1) is 0 Å². The molecule has 0 saturated carbocycles. The fourth-order valence-electron chi connectivity index (χ4n) is 1.99. The molecule has 7 heteroatoms. The first-order valence-electron chi connectivity index (χ1n) is 4.88. The summed E-state index contributed by atoms with van der Waals surface area (Å²) in [4.78, 5) is 22.6. The number of carboxylic acids is 1. The molecule has 4 nitrogen and oxygen atoms in total. The van der Waals surface area contributed by atoms with Crippen molar-refractivity contribution in [1.29, 1.82) is 0 Å². The van der Waals surface area contributed by atoms with Crippen LogP contribution in [0.5, 0.6) is 0 Å². The van der Waals surface area contributed by atoms with Gasteiger partial charge in [0.2, 0.25) is 5.91 Å². The van der Waals surface area contributed by atoms with Gasteiger partial charge in [0.25, 0.3) is 0 Å². The Morgan fingerprint density at radius 3 is 2.50 bits per heavy atom. The van der Waals surface area contributed by atoms with Gasteiger partial charge in [0, 0.05) is 13.0 Å². The molecule has 92 valence electrons. The fraction of sp³-hybridized carbons (Fsp3) is 0.778. The average molecular weight is 239 g/mol. The van der Waals surface area contributed by atoms with Gasteiger partial charge in [-0.1, -0.05) is 0 Å². The Bertz CT molecular complexity index is 301. The van der Waals surface area contributed by atoms with E-state index in [1.165, 1.54) is 6.92 Å². The average Bonchev–Trinajstić information content (AvgIpc) is 2.15. The standard InChI is InChI=1S/C9H12F3NO3/c1-2-13-6(14)4-3-5(8(15)16)7(13)9(10,11)12/h5,7H,2-4H2,1H3,(H,15,16)/t5-,7-/m0/s1. The number of carboxylic acid groups (broad SMARTS) is 1. The van der Waals surface area contributed by atoms with Crippen molar-refractivity contribution in [3.8, 4) is 0 Å². The van der Waals surface area contributed by atoms with Gasteiger partial charge in [-0.05, 0) is 13.3 Å². The second-order valence-electron chi connectivity index (χ2n) is 3.65. The molecule has 1 N–H and O–H groups in total. The lowest BCUT2D eigenvalue weighted by molar-refractivity contribution is -0.212. The van der Waals surface area contributed by atoms with E-state index in [2.05, 4.69) is 0 Å². The van der Waals surface area contributed by atoms with Crippen molar-refractivity contribution in [1.82, 2.24) is 4.90 Å². The van der Waals surface area contributed by atoms with E-state index in [1.807, 2.05) is 0 Å². The maximum atomic E-state index is 12.7. The SMILES string of the molecule is CCN1C(=O)CC[C@H](C(=O)O)[C@H]1C(F)(F)F. The topological polar surface area (TPSA) is 57.6 Å². The van der Waals surface area contributed by atoms with E-state index >= 15 is 0 Å². The first-order valence-corrected chi connectivity index (χ1v) is 4.88. The number of hydrogen-bond acceptors (Lipinski definition) is 2. The maximum Gasteiger partial charge on any atom is 0.409 e.